The number of thiazole rings is 1. The minimum absolute atomic E-state index is 0.142. The quantitative estimate of drug-likeness (QED) is 0.284. The molecule has 0 aliphatic rings. The molecular formula is C24H22N4O2S2. The molecule has 0 unspecified atom stereocenters. The lowest BCUT2D eigenvalue weighted by molar-refractivity contribution is -0.113. The third kappa shape index (κ3) is 5.33. The molecular weight excluding hydrogens is 440 g/mol. The number of carbonyl (C=O) groups is 1. The molecule has 0 saturated heterocycles. The van der Waals surface area contributed by atoms with Gasteiger partial charge in [-0.05, 0) is 44.2 Å². The summed E-state index contributed by atoms with van der Waals surface area (Å²) in [5.41, 5.74) is 4.57. The van der Waals surface area contributed by atoms with Crippen LogP contribution in [0.15, 0.2) is 65.8 Å². The van der Waals surface area contributed by atoms with Crippen LogP contribution in [-0.2, 0) is 4.79 Å². The van der Waals surface area contributed by atoms with Crippen LogP contribution in [0.2, 0.25) is 0 Å². The molecule has 1 N–H and O–H groups in total. The molecule has 2 aromatic carbocycles. The van der Waals surface area contributed by atoms with E-state index in [4.69, 9.17) is 4.74 Å². The summed E-state index contributed by atoms with van der Waals surface area (Å²) in [5, 5.41) is 4.05. The van der Waals surface area contributed by atoms with Crippen molar-refractivity contribution in [2.75, 3.05) is 18.2 Å². The maximum Gasteiger partial charge on any atom is 0.236 e. The van der Waals surface area contributed by atoms with Gasteiger partial charge in [0, 0.05) is 21.7 Å². The van der Waals surface area contributed by atoms with Gasteiger partial charge in [-0.2, -0.15) is 0 Å². The third-order valence-electron chi connectivity index (χ3n) is 4.64. The van der Waals surface area contributed by atoms with E-state index in [2.05, 4.69) is 20.3 Å². The van der Waals surface area contributed by atoms with Gasteiger partial charge in [-0.1, -0.05) is 42.1 Å². The number of methoxy groups -OCH3 is 1. The highest BCUT2D eigenvalue weighted by Crippen LogP contribution is 2.31. The molecule has 0 saturated carbocycles. The Morgan fingerprint density at radius 2 is 1.75 bits per heavy atom. The number of ether oxygens (including phenoxy) is 1. The Labute approximate surface area is 195 Å². The average Bonchev–Trinajstić information content (AvgIpc) is 3.17. The summed E-state index contributed by atoms with van der Waals surface area (Å²) in [6.45, 7) is 3.92. The van der Waals surface area contributed by atoms with Crippen molar-refractivity contribution in [2.24, 2.45) is 0 Å². The Morgan fingerprint density at radius 3 is 2.47 bits per heavy atom. The molecule has 0 fully saturated rings. The zero-order valence-corrected chi connectivity index (χ0v) is 19.6. The molecule has 1 amide bonds. The first-order chi connectivity index (χ1) is 15.5. The highest BCUT2D eigenvalue weighted by atomic mass is 32.2. The molecule has 4 aromatic rings. The Bertz CT molecular complexity index is 1220. The van der Waals surface area contributed by atoms with E-state index >= 15 is 0 Å². The summed E-state index contributed by atoms with van der Waals surface area (Å²) in [6.07, 6.45) is 0. The summed E-state index contributed by atoms with van der Waals surface area (Å²) in [4.78, 5) is 27.2. The van der Waals surface area contributed by atoms with Crippen LogP contribution >= 0.6 is 23.1 Å². The molecule has 0 radical (unpaired) electrons. The number of carbonyl (C=O) groups excluding carboxylic acids is 1. The summed E-state index contributed by atoms with van der Waals surface area (Å²) in [7, 11) is 1.64. The van der Waals surface area contributed by atoms with Gasteiger partial charge in [-0.3, -0.25) is 4.79 Å². The first-order valence-corrected chi connectivity index (χ1v) is 11.8. The molecule has 0 bridgehead atoms. The molecule has 2 aromatic heterocycles. The average molecular weight is 463 g/mol. The zero-order valence-electron chi connectivity index (χ0n) is 18.0. The smallest absolute Gasteiger partial charge is 0.236 e. The minimum Gasteiger partial charge on any atom is -0.497 e. The maximum absolute atomic E-state index is 12.5. The molecule has 2 heterocycles. The maximum atomic E-state index is 12.5. The van der Waals surface area contributed by atoms with Crippen LogP contribution in [0.1, 0.15) is 10.6 Å². The second-order valence-corrected chi connectivity index (χ2v) is 9.18. The van der Waals surface area contributed by atoms with Gasteiger partial charge in [0.05, 0.1) is 24.3 Å². The number of hydrogen-bond donors (Lipinski definition) is 1. The first kappa shape index (κ1) is 22.0. The van der Waals surface area contributed by atoms with Crippen LogP contribution in [0.4, 0.5) is 5.13 Å². The largest absolute Gasteiger partial charge is 0.497 e. The van der Waals surface area contributed by atoms with E-state index in [1.54, 1.807) is 7.11 Å². The van der Waals surface area contributed by atoms with Crippen molar-refractivity contribution in [1.82, 2.24) is 15.0 Å². The van der Waals surface area contributed by atoms with E-state index < -0.39 is 0 Å². The van der Waals surface area contributed by atoms with Crippen molar-refractivity contribution in [3.05, 3.63) is 71.2 Å². The molecule has 162 valence electrons. The van der Waals surface area contributed by atoms with Gasteiger partial charge in [0.25, 0.3) is 0 Å². The first-order valence-electron chi connectivity index (χ1n) is 9.97. The number of thioether (sulfide) groups is 1. The van der Waals surface area contributed by atoms with Crippen molar-refractivity contribution in [3.8, 4) is 28.3 Å². The number of amides is 1. The predicted octanol–water partition coefficient (Wildman–Crippen LogP) is 5.62. The standard InChI is InChI=1S/C24H22N4O2S2/c1-15-13-20(17-7-5-4-6-8-17)26-23(25-15)31-14-21(29)27-24-28-22(16(2)32-24)18-9-11-19(30-3)12-10-18/h4-13H,14H2,1-3H3,(H,27,28,29). The highest BCUT2D eigenvalue weighted by Gasteiger charge is 2.14. The minimum atomic E-state index is -0.142. The topological polar surface area (TPSA) is 77.0 Å². The van der Waals surface area contributed by atoms with E-state index in [1.807, 2.05) is 74.5 Å². The Balaban J connectivity index is 1.41. The number of nitrogens with zero attached hydrogens (tertiary/aromatic N) is 3. The lowest BCUT2D eigenvalue weighted by Gasteiger charge is -2.06. The molecule has 4 rings (SSSR count). The van der Waals surface area contributed by atoms with E-state index in [9.17, 15) is 4.79 Å². The SMILES string of the molecule is COc1ccc(-c2nc(NC(=O)CSc3nc(C)cc(-c4ccccc4)n3)sc2C)cc1. The fraction of sp³-hybridized carbons (Fsp3) is 0.167. The Morgan fingerprint density at radius 1 is 1.00 bits per heavy atom. The summed E-state index contributed by atoms with van der Waals surface area (Å²) < 4.78 is 5.21. The second kappa shape index (κ2) is 9.93. The van der Waals surface area contributed by atoms with E-state index in [1.165, 1.54) is 23.1 Å². The fourth-order valence-electron chi connectivity index (χ4n) is 3.11. The van der Waals surface area contributed by atoms with Crippen molar-refractivity contribution in [3.63, 3.8) is 0 Å². The highest BCUT2D eigenvalue weighted by molar-refractivity contribution is 7.99. The van der Waals surface area contributed by atoms with Gasteiger partial charge in [-0.15, -0.1) is 11.3 Å². The van der Waals surface area contributed by atoms with Crippen molar-refractivity contribution < 1.29 is 9.53 Å². The normalized spacial score (nSPS) is 10.7. The number of rotatable bonds is 7. The van der Waals surface area contributed by atoms with Gasteiger partial charge in [0.1, 0.15) is 5.75 Å². The molecule has 0 spiro atoms. The van der Waals surface area contributed by atoms with Crippen molar-refractivity contribution >= 4 is 34.1 Å². The van der Waals surface area contributed by atoms with Crippen LogP contribution in [-0.4, -0.2) is 33.7 Å². The summed E-state index contributed by atoms with van der Waals surface area (Å²) in [5.74, 6) is 0.853. The van der Waals surface area contributed by atoms with Crippen LogP contribution in [0.5, 0.6) is 5.75 Å². The van der Waals surface area contributed by atoms with Gasteiger partial charge in [-0.25, -0.2) is 15.0 Å². The number of hydrogen-bond acceptors (Lipinski definition) is 7. The van der Waals surface area contributed by atoms with Crippen LogP contribution in [0, 0.1) is 13.8 Å². The van der Waals surface area contributed by atoms with E-state index in [-0.39, 0.29) is 11.7 Å². The van der Waals surface area contributed by atoms with Crippen LogP contribution in [0.25, 0.3) is 22.5 Å². The number of aryl methyl sites for hydroxylation is 2. The van der Waals surface area contributed by atoms with E-state index in [0.717, 1.165) is 38.8 Å². The molecule has 0 aliphatic heterocycles. The fourth-order valence-corrected chi connectivity index (χ4v) is 4.67. The molecule has 6 nitrogen and oxygen atoms in total. The lowest BCUT2D eigenvalue weighted by atomic mass is 10.1. The number of anilines is 1. The summed E-state index contributed by atoms with van der Waals surface area (Å²) in [6, 6.07) is 19.6. The molecule has 8 heteroatoms. The van der Waals surface area contributed by atoms with Crippen molar-refractivity contribution in [1.29, 1.82) is 0 Å². The van der Waals surface area contributed by atoms with Gasteiger partial charge in [0.2, 0.25) is 5.91 Å². The Kier molecular flexibility index (Phi) is 6.82. The Hall–Kier alpha value is -3.23. The number of nitrogens with one attached hydrogen (secondary N) is 1. The number of benzene rings is 2. The lowest BCUT2D eigenvalue weighted by Crippen LogP contribution is -2.14. The number of aromatic nitrogens is 3. The molecule has 32 heavy (non-hydrogen) atoms. The third-order valence-corrected chi connectivity index (χ3v) is 6.38. The predicted molar refractivity (Wildman–Crippen MR) is 130 cm³/mol. The van der Waals surface area contributed by atoms with Crippen LogP contribution in [0.3, 0.4) is 0 Å². The van der Waals surface area contributed by atoms with Crippen molar-refractivity contribution in [2.45, 2.75) is 19.0 Å². The molecule has 0 aliphatic carbocycles. The second-order valence-electron chi connectivity index (χ2n) is 7.03. The van der Waals surface area contributed by atoms with Crippen LogP contribution < -0.4 is 10.1 Å². The summed E-state index contributed by atoms with van der Waals surface area (Å²) >= 11 is 2.77. The van der Waals surface area contributed by atoms with E-state index in [0.29, 0.717) is 10.3 Å². The molecule has 0 atom stereocenters. The van der Waals surface area contributed by atoms with Gasteiger partial charge in [0.15, 0.2) is 10.3 Å². The zero-order chi connectivity index (χ0) is 22.5. The monoisotopic (exact) mass is 462 g/mol. The van der Waals surface area contributed by atoms with Gasteiger partial charge >= 0.3 is 0 Å². The van der Waals surface area contributed by atoms with Gasteiger partial charge < -0.3 is 10.1 Å².